The number of nitrogens with two attached hydrogens (primary N) is 1. The Morgan fingerprint density at radius 1 is 1.00 bits per heavy atom. The quantitative estimate of drug-likeness (QED) is 0.789. The molecule has 2 aromatic rings. The average molecular weight is 225 g/mol. The summed E-state index contributed by atoms with van der Waals surface area (Å²) in [5.74, 6) is 0.273. The Morgan fingerprint density at radius 2 is 1.65 bits per heavy atom. The van der Waals surface area contributed by atoms with Gasteiger partial charge in [-0.15, -0.1) is 0 Å². The van der Waals surface area contributed by atoms with Crippen LogP contribution in [0.2, 0.25) is 0 Å². The molecule has 2 rings (SSSR count). The van der Waals surface area contributed by atoms with Crippen LogP contribution in [0.1, 0.15) is 11.1 Å². The fourth-order valence-corrected chi connectivity index (χ4v) is 1.71. The lowest BCUT2D eigenvalue weighted by Gasteiger charge is -2.06. The van der Waals surface area contributed by atoms with Crippen molar-refractivity contribution < 1.29 is 5.11 Å². The highest BCUT2D eigenvalue weighted by atomic mass is 16.3. The Hall–Kier alpha value is -2.06. The number of aromatic hydroxyl groups is 1. The van der Waals surface area contributed by atoms with Crippen molar-refractivity contribution in [1.82, 2.24) is 0 Å². The molecule has 0 fully saturated rings. The van der Waals surface area contributed by atoms with Gasteiger partial charge in [-0.1, -0.05) is 48.5 Å². The Labute approximate surface area is 101 Å². The van der Waals surface area contributed by atoms with Crippen molar-refractivity contribution >= 4 is 11.6 Å². The lowest BCUT2D eigenvalue weighted by molar-refractivity contribution is 0.474. The van der Waals surface area contributed by atoms with Crippen LogP contribution in [0.4, 0.5) is 0 Å². The van der Waals surface area contributed by atoms with Crippen LogP contribution in [0.15, 0.2) is 54.6 Å². The fourth-order valence-electron chi connectivity index (χ4n) is 1.71. The van der Waals surface area contributed by atoms with E-state index >= 15 is 0 Å². The minimum absolute atomic E-state index is 0.273. The van der Waals surface area contributed by atoms with E-state index in [1.54, 1.807) is 12.1 Å². The Bertz CT molecular complexity index is 517. The van der Waals surface area contributed by atoms with Crippen LogP contribution in [-0.4, -0.2) is 11.7 Å². The fraction of sp³-hybridized carbons (Fsp3) is 0.0667. The first kappa shape index (κ1) is 11.4. The molecule has 3 N–H and O–H groups in total. The second kappa shape index (κ2) is 5.32. The molecule has 2 nitrogen and oxygen atoms in total. The molecule has 0 aliphatic rings. The summed E-state index contributed by atoms with van der Waals surface area (Å²) in [6, 6.07) is 17.2. The zero-order valence-corrected chi connectivity index (χ0v) is 9.51. The minimum Gasteiger partial charge on any atom is -0.507 e. The van der Waals surface area contributed by atoms with Crippen molar-refractivity contribution in [2.24, 2.45) is 5.73 Å². The number of hydrogen-bond donors (Lipinski definition) is 2. The number of para-hydroxylation sites is 1. The van der Waals surface area contributed by atoms with E-state index < -0.39 is 0 Å². The number of phenolic OH excluding ortho intramolecular Hbond substituents is 1. The normalized spacial score (nSPS) is 11.5. The van der Waals surface area contributed by atoms with Gasteiger partial charge in [0.1, 0.15) is 5.75 Å². The summed E-state index contributed by atoms with van der Waals surface area (Å²) in [5, 5.41) is 9.72. The zero-order valence-electron chi connectivity index (χ0n) is 9.51. The van der Waals surface area contributed by atoms with Gasteiger partial charge in [0.05, 0.1) is 0 Å². The summed E-state index contributed by atoms with van der Waals surface area (Å²) in [6.07, 6.45) is 1.92. The van der Waals surface area contributed by atoms with Gasteiger partial charge in [-0.2, -0.15) is 0 Å². The largest absolute Gasteiger partial charge is 0.507 e. The lowest BCUT2D eigenvalue weighted by atomic mass is 10.0. The summed E-state index contributed by atoms with van der Waals surface area (Å²) in [6.45, 7) is 0.443. The maximum absolute atomic E-state index is 9.72. The third-order valence-corrected chi connectivity index (χ3v) is 2.63. The maximum atomic E-state index is 9.72. The van der Waals surface area contributed by atoms with Gasteiger partial charge < -0.3 is 10.8 Å². The van der Waals surface area contributed by atoms with E-state index in [1.165, 1.54) is 0 Å². The highest BCUT2D eigenvalue weighted by Gasteiger charge is 2.01. The van der Waals surface area contributed by atoms with E-state index in [-0.39, 0.29) is 5.75 Å². The standard InChI is InChI=1S/C15H15NO/c16-11-14(12-6-2-1-3-7-12)10-13-8-4-5-9-15(13)17/h1-10,17H,11,16H2/b14-10-. The van der Waals surface area contributed by atoms with Crippen LogP contribution in [0.5, 0.6) is 5.75 Å². The van der Waals surface area contributed by atoms with Gasteiger partial charge in [-0.05, 0) is 23.3 Å². The van der Waals surface area contributed by atoms with Crippen molar-refractivity contribution in [1.29, 1.82) is 0 Å². The highest BCUT2D eigenvalue weighted by Crippen LogP contribution is 2.22. The van der Waals surface area contributed by atoms with Crippen LogP contribution in [0.3, 0.4) is 0 Å². The van der Waals surface area contributed by atoms with E-state index in [0.717, 1.165) is 16.7 Å². The molecule has 0 bridgehead atoms. The number of phenols is 1. The summed E-state index contributed by atoms with van der Waals surface area (Å²) >= 11 is 0. The third kappa shape index (κ3) is 2.74. The number of hydrogen-bond acceptors (Lipinski definition) is 2. The van der Waals surface area contributed by atoms with E-state index in [9.17, 15) is 5.11 Å². The molecule has 86 valence electrons. The molecule has 0 aliphatic carbocycles. The van der Waals surface area contributed by atoms with Crippen molar-refractivity contribution in [3.05, 3.63) is 65.7 Å². The van der Waals surface area contributed by atoms with Crippen LogP contribution in [0, 0.1) is 0 Å². The molecular weight excluding hydrogens is 210 g/mol. The van der Waals surface area contributed by atoms with Crippen LogP contribution < -0.4 is 5.73 Å². The highest BCUT2D eigenvalue weighted by molar-refractivity contribution is 5.83. The molecule has 0 aromatic heterocycles. The van der Waals surface area contributed by atoms with Crippen LogP contribution in [-0.2, 0) is 0 Å². The second-order valence-electron chi connectivity index (χ2n) is 3.80. The van der Waals surface area contributed by atoms with E-state index in [0.29, 0.717) is 6.54 Å². The summed E-state index contributed by atoms with van der Waals surface area (Å²) in [7, 11) is 0. The number of benzene rings is 2. The van der Waals surface area contributed by atoms with Gasteiger partial charge >= 0.3 is 0 Å². The van der Waals surface area contributed by atoms with Crippen molar-refractivity contribution in [2.75, 3.05) is 6.54 Å². The average Bonchev–Trinajstić information content (AvgIpc) is 2.39. The monoisotopic (exact) mass is 225 g/mol. The second-order valence-corrected chi connectivity index (χ2v) is 3.80. The molecule has 0 amide bonds. The molecule has 0 radical (unpaired) electrons. The molecule has 0 saturated heterocycles. The van der Waals surface area contributed by atoms with Crippen LogP contribution in [0.25, 0.3) is 11.6 Å². The zero-order chi connectivity index (χ0) is 12.1. The van der Waals surface area contributed by atoms with Gasteiger partial charge in [-0.25, -0.2) is 0 Å². The van der Waals surface area contributed by atoms with E-state index in [2.05, 4.69) is 0 Å². The summed E-state index contributed by atoms with van der Waals surface area (Å²) < 4.78 is 0. The summed E-state index contributed by atoms with van der Waals surface area (Å²) in [4.78, 5) is 0. The van der Waals surface area contributed by atoms with Crippen molar-refractivity contribution in [3.63, 3.8) is 0 Å². The Kier molecular flexibility index (Phi) is 3.58. The molecule has 0 unspecified atom stereocenters. The summed E-state index contributed by atoms with van der Waals surface area (Å²) in [5.41, 5.74) is 8.63. The molecule has 0 saturated carbocycles. The van der Waals surface area contributed by atoms with Crippen molar-refractivity contribution in [2.45, 2.75) is 0 Å². The smallest absolute Gasteiger partial charge is 0.122 e. The van der Waals surface area contributed by atoms with Crippen LogP contribution >= 0.6 is 0 Å². The Balaban J connectivity index is 2.40. The predicted molar refractivity (Wildman–Crippen MR) is 71.5 cm³/mol. The lowest BCUT2D eigenvalue weighted by Crippen LogP contribution is -2.02. The molecule has 17 heavy (non-hydrogen) atoms. The minimum atomic E-state index is 0.273. The van der Waals surface area contributed by atoms with Gasteiger partial charge in [-0.3, -0.25) is 0 Å². The first-order chi connectivity index (χ1) is 8.31. The molecule has 0 aliphatic heterocycles. The van der Waals surface area contributed by atoms with Gasteiger partial charge in [0.2, 0.25) is 0 Å². The van der Waals surface area contributed by atoms with Crippen molar-refractivity contribution in [3.8, 4) is 5.75 Å². The molecule has 0 spiro atoms. The number of rotatable bonds is 3. The SMILES string of the molecule is NC/C(=C/c1ccccc1O)c1ccccc1. The topological polar surface area (TPSA) is 46.2 Å². The van der Waals surface area contributed by atoms with Gasteiger partial charge in [0.25, 0.3) is 0 Å². The first-order valence-electron chi connectivity index (χ1n) is 5.55. The first-order valence-corrected chi connectivity index (χ1v) is 5.55. The molecule has 2 aromatic carbocycles. The predicted octanol–water partition coefficient (Wildman–Crippen LogP) is 2.89. The molecule has 0 atom stereocenters. The molecular formula is C15H15NO. The third-order valence-electron chi connectivity index (χ3n) is 2.63. The Morgan fingerprint density at radius 3 is 2.29 bits per heavy atom. The maximum Gasteiger partial charge on any atom is 0.122 e. The van der Waals surface area contributed by atoms with Gasteiger partial charge in [0.15, 0.2) is 0 Å². The molecule has 0 heterocycles. The van der Waals surface area contributed by atoms with Gasteiger partial charge in [0, 0.05) is 12.1 Å². The molecule has 2 heteroatoms. The van der Waals surface area contributed by atoms with E-state index in [4.69, 9.17) is 5.73 Å². The van der Waals surface area contributed by atoms with E-state index in [1.807, 2.05) is 48.5 Å².